The molecule has 1 saturated carbocycles. The minimum absolute atomic E-state index is 0.113. The van der Waals surface area contributed by atoms with Gasteiger partial charge in [-0.05, 0) is 62.1 Å². The van der Waals surface area contributed by atoms with Crippen LogP contribution in [0.4, 0.5) is 0 Å². The number of aryl methyl sites for hydroxylation is 1. The zero-order valence-electron chi connectivity index (χ0n) is 22.4. The minimum Gasteiger partial charge on any atom is -0.493 e. The molecule has 2 fully saturated rings. The van der Waals surface area contributed by atoms with Gasteiger partial charge >= 0.3 is 11.9 Å². The van der Waals surface area contributed by atoms with E-state index in [4.69, 9.17) is 23.7 Å². The van der Waals surface area contributed by atoms with Crippen molar-refractivity contribution >= 4 is 11.9 Å². The molecule has 0 amide bonds. The Hall–Kier alpha value is -2.12. The Morgan fingerprint density at radius 3 is 2.25 bits per heavy atom. The number of hydrogen-bond acceptors (Lipinski definition) is 7. The van der Waals surface area contributed by atoms with Crippen molar-refractivity contribution in [2.45, 2.75) is 110 Å². The molecule has 202 valence electrons. The number of rotatable bonds is 12. The SMILES string of the molecule is CCC1OC(OCCCCc2ccc(OCC3CCCCC3)cc2)C(OC(C)=O)C(OC(C)=O)C1C. The third-order valence-corrected chi connectivity index (χ3v) is 7.29. The Kier molecular flexibility index (Phi) is 11.5. The largest absolute Gasteiger partial charge is 0.493 e. The van der Waals surface area contributed by atoms with E-state index in [-0.39, 0.29) is 12.0 Å². The second kappa shape index (κ2) is 14.6. The number of hydrogen-bond donors (Lipinski definition) is 0. The van der Waals surface area contributed by atoms with Crippen LogP contribution < -0.4 is 4.74 Å². The molecular weight excluding hydrogens is 460 g/mol. The molecule has 3 rings (SSSR count). The molecule has 1 aromatic rings. The van der Waals surface area contributed by atoms with E-state index in [9.17, 15) is 9.59 Å². The van der Waals surface area contributed by atoms with Crippen molar-refractivity contribution in [2.24, 2.45) is 11.8 Å². The summed E-state index contributed by atoms with van der Waals surface area (Å²) in [6.45, 7) is 7.94. The van der Waals surface area contributed by atoms with Crippen LogP contribution in [0.5, 0.6) is 5.75 Å². The predicted molar refractivity (Wildman–Crippen MR) is 137 cm³/mol. The van der Waals surface area contributed by atoms with Gasteiger partial charge in [0.1, 0.15) is 11.9 Å². The van der Waals surface area contributed by atoms with E-state index in [0.717, 1.165) is 38.0 Å². The zero-order valence-corrected chi connectivity index (χ0v) is 22.4. The first kappa shape index (κ1) is 28.5. The fraction of sp³-hybridized carbons (Fsp3) is 0.724. The Balaban J connectivity index is 1.43. The number of benzene rings is 1. The van der Waals surface area contributed by atoms with E-state index >= 15 is 0 Å². The monoisotopic (exact) mass is 504 g/mol. The molecule has 0 N–H and O–H groups in total. The van der Waals surface area contributed by atoms with Crippen LogP contribution in [0.2, 0.25) is 0 Å². The molecule has 7 heteroatoms. The van der Waals surface area contributed by atoms with Crippen LogP contribution in [-0.4, -0.2) is 49.8 Å². The Morgan fingerprint density at radius 1 is 0.944 bits per heavy atom. The summed E-state index contributed by atoms with van der Waals surface area (Å²) in [4.78, 5) is 23.4. The van der Waals surface area contributed by atoms with Crippen molar-refractivity contribution in [3.05, 3.63) is 29.8 Å². The number of unbranched alkanes of at least 4 members (excludes halogenated alkanes) is 1. The van der Waals surface area contributed by atoms with E-state index < -0.39 is 30.4 Å². The summed E-state index contributed by atoms with van der Waals surface area (Å²) >= 11 is 0. The van der Waals surface area contributed by atoms with Crippen molar-refractivity contribution in [3.63, 3.8) is 0 Å². The van der Waals surface area contributed by atoms with E-state index in [1.54, 1.807) is 0 Å². The lowest BCUT2D eigenvalue weighted by molar-refractivity contribution is -0.290. The lowest BCUT2D eigenvalue weighted by Crippen LogP contribution is -2.57. The average Bonchev–Trinajstić information content (AvgIpc) is 2.86. The van der Waals surface area contributed by atoms with Gasteiger partial charge in [-0.3, -0.25) is 9.59 Å². The van der Waals surface area contributed by atoms with E-state index in [1.165, 1.54) is 51.5 Å². The molecule has 1 heterocycles. The lowest BCUT2D eigenvalue weighted by atomic mass is 9.89. The molecule has 1 saturated heterocycles. The summed E-state index contributed by atoms with van der Waals surface area (Å²) < 4.78 is 29.2. The predicted octanol–water partition coefficient (Wildman–Crippen LogP) is 5.62. The summed E-state index contributed by atoms with van der Waals surface area (Å²) in [7, 11) is 0. The first-order valence-electron chi connectivity index (χ1n) is 13.7. The molecule has 5 atom stereocenters. The lowest BCUT2D eigenvalue weighted by Gasteiger charge is -2.43. The minimum atomic E-state index is -0.787. The third-order valence-electron chi connectivity index (χ3n) is 7.29. The van der Waals surface area contributed by atoms with Crippen molar-refractivity contribution < 1.29 is 33.3 Å². The highest BCUT2D eigenvalue weighted by Gasteiger charge is 2.47. The van der Waals surface area contributed by atoms with Crippen LogP contribution in [0.3, 0.4) is 0 Å². The van der Waals surface area contributed by atoms with Gasteiger partial charge < -0.3 is 23.7 Å². The van der Waals surface area contributed by atoms with Gasteiger partial charge in [-0.1, -0.05) is 45.2 Å². The van der Waals surface area contributed by atoms with Gasteiger partial charge in [-0.2, -0.15) is 0 Å². The quantitative estimate of drug-likeness (QED) is 0.270. The second-order valence-corrected chi connectivity index (χ2v) is 10.2. The number of carbonyl (C=O) groups is 2. The average molecular weight is 505 g/mol. The topological polar surface area (TPSA) is 80.3 Å². The maximum absolute atomic E-state index is 11.7. The van der Waals surface area contributed by atoms with Crippen LogP contribution in [0.1, 0.15) is 84.6 Å². The molecular formula is C29H44O7. The van der Waals surface area contributed by atoms with Crippen molar-refractivity contribution in [1.29, 1.82) is 0 Å². The maximum atomic E-state index is 11.7. The van der Waals surface area contributed by atoms with E-state index in [2.05, 4.69) is 24.3 Å². The van der Waals surface area contributed by atoms with Crippen molar-refractivity contribution in [3.8, 4) is 5.75 Å². The standard InChI is InChI=1S/C29H44O7/c1-5-26-20(2)27(34-21(3)30)28(35-22(4)31)29(36-26)32-18-10-9-11-23-14-16-25(17-15-23)33-19-24-12-7-6-8-13-24/h14-17,20,24,26-29H,5-13,18-19H2,1-4H3. The van der Waals surface area contributed by atoms with Crippen LogP contribution in [0.25, 0.3) is 0 Å². The Bertz CT molecular complexity index is 802. The van der Waals surface area contributed by atoms with Gasteiger partial charge in [-0.15, -0.1) is 0 Å². The zero-order chi connectivity index (χ0) is 25.9. The summed E-state index contributed by atoms with van der Waals surface area (Å²) in [5.41, 5.74) is 1.27. The molecule has 1 aliphatic carbocycles. The number of ether oxygens (including phenoxy) is 5. The van der Waals surface area contributed by atoms with Gasteiger partial charge in [0.15, 0.2) is 12.4 Å². The van der Waals surface area contributed by atoms with Gasteiger partial charge in [-0.25, -0.2) is 0 Å². The third kappa shape index (κ3) is 8.77. The molecule has 0 aromatic heterocycles. The van der Waals surface area contributed by atoms with Crippen molar-refractivity contribution in [2.75, 3.05) is 13.2 Å². The highest BCUT2D eigenvalue weighted by Crippen LogP contribution is 2.33. The Labute approximate surface area is 216 Å². The number of esters is 2. The van der Waals surface area contributed by atoms with Crippen molar-refractivity contribution in [1.82, 2.24) is 0 Å². The first-order valence-corrected chi connectivity index (χ1v) is 13.7. The molecule has 1 aromatic carbocycles. The molecule has 0 radical (unpaired) electrons. The summed E-state index contributed by atoms with van der Waals surface area (Å²) in [5.74, 6) is 0.665. The maximum Gasteiger partial charge on any atom is 0.303 e. The highest BCUT2D eigenvalue weighted by atomic mass is 16.7. The van der Waals surface area contributed by atoms with Crippen LogP contribution in [0.15, 0.2) is 24.3 Å². The smallest absolute Gasteiger partial charge is 0.303 e. The molecule has 36 heavy (non-hydrogen) atoms. The van der Waals surface area contributed by atoms with E-state index in [0.29, 0.717) is 12.5 Å². The molecule has 5 unspecified atom stereocenters. The molecule has 0 bridgehead atoms. The van der Waals surface area contributed by atoms with Crippen LogP contribution in [-0.2, 0) is 35.0 Å². The molecule has 7 nitrogen and oxygen atoms in total. The highest BCUT2D eigenvalue weighted by molar-refractivity contribution is 5.67. The molecule has 0 spiro atoms. The fourth-order valence-electron chi connectivity index (χ4n) is 5.27. The Morgan fingerprint density at radius 2 is 1.61 bits per heavy atom. The van der Waals surface area contributed by atoms with Gasteiger partial charge in [0.2, 0.25) is 0 Å². The molecule has 1 aliphatic heterocycles. The van der Waals surface area contributed by atoms with Gasteiger partial charge in [0.05, 0.1) is 12.7 Å². The normalized spacial score (nSPS) is 26.8. The number of carbonyl (C=O) groups excluding carboxylic acids is 2. The summed E-state index contributed by atoms with van der Waals surface area (Å²) in [6.07, 6.45) is 7.77. The van der Waals surface area contributed by atoms with E-state index in [1.807, 2.05) is 13.8 Å². The van der Waals surface area contributed by atoms with Gasteiger partial charge in [0, 0.05) is 26.4 Å². The first-order chi connectivity index (χ1) is 17.4. The fourth-order valence-corrected chi connectivity index (χ4v) is 5.27. The molecule has 2 aliphatic rings. The summed E-state index contributed by atoms with van der Waals surface area (Å²) in [6, 6.07) is 8.40. The second-order valence-electron chi connectivity index (χ2n) is 10.2. The van der Waals surface area contributed by atoms with Crippen LogP contribution in [0, 0.1) is 11.8 Å². The summed E-state index contributed by atoms with van der Waals surface area (Å²) in [5, 5.41) is 0. The van der Waals surface area contributed by atoms with Gasteiger partial charge in [0.25, 0.3) is 0 Å². The van der Waals surface area contributed by atoms with Crippen LogP contribution >= 0.6 is 0 Å².